The highest BCUT2D eigenvalue weighted by Crippen LogP contribution is 2.19. The lowest BCUT2D eigenvalue weighted by molar-refractivity contribution is 0.284. The molecule has 0 spiro atoms. The van der Waals surface area contributed by atoms with Crippen LogP contribution in [0.4, 0.5) is 4.39 Å². The minimum absolute atomic E-state index is 0.545. The maximum Gasteiger partial charge on any atom is 0.167 e. The van der Waals surface area contributed by atoms with Crippen LogP contribution in [0.2, 0.25) is 0 Å². The van der Waals surface area contributed by atoms with Gasteiger partial charge in [0.2, 0.25) is 0 Å². The van der Waals surface area contributed by atoms with Gasteiger partial charge in [-0.15, -0.1) is 11.3 Å². The Morgan fingerprint density at radius 1 is 1.30 bits per heavy atom. The summed E-state index contributed by atoms with van der Waals surface area (Å²) in [6.45, 7) is 2.16. The van der Waals surface area contributed by atoms with Crippen LogP contribution in [0.25, 0.3) is 0 Å². The molecule has 1 atom stereocenters. The van der Waals surface area contributed by atoms with Gasteiger partial charge in [-0.1, -0.05) is 24.1 Å². The lowest BCUT2D eigenvalue weighted by Crippen LogP contribution is -2.19. The summed E-state index contributed by atoms with van der Waals surface area (Å²) in [6, 6.07) is 9.87. The van der Waals surface area contributed by atoms with E-state index >= 15 is 0 Å². The number of thiazole rings is 1. The van der Waals surface area contributed by atoms with Crippen LogP contribution in [0.5, 0.6) is 0 Å². The minimum Gasteiger partial charge on any atom is -0.295 e. The highest BCUT2D eigenvalue weighted by molar-refractivity contribution is 7.12. The Balaban J connectivity index is 1.64. The van der Waals surface area contributed by atoms with Gasteiger partial charge in [-0.2, -0.15) is 0 Å². The van der Waals surface area contributed by atoms with Crippen molar-refractivity contribution in [2.45, 2.75) is 19.1 Å². The number of benzene rings is 1. The molecule has 1 aliphatic rings. The van der Waals surface area contributed by atoms with E-state index in [0.717, 1.165) is 28.5 Å². The van der Waals surface area contributed by atoms with Crippen LogP contribution < -0.4 is 0 Å². The molecule has 1 aliphatic heterocycles. The number of alkyl halides is 1. The van der Waals surface area contributed by atoms with Gasteiger partial charge in [-0.05, 0) is 24.5 Å². The quantitative estimate of drug-likeness (QED) is 0.789. The summed E-state index contributed by atoms with van der Waals surface area (Å²) in [5.74, 6) is 6.18. The predicted molar refractivity (Wildman–Crippen MR) is 79.3 cm³/mol. The zero-order valence-electron chi connectivity index (χ0n) is 11.1. The van der Waals surface area contributed by atoms with Gasteiger partial charge in [0.25, 0.3) is 0 Å². The maximum absolute atomic E-state index is 13.1. The zero-order chi connectivity index (χ0) is 13.8. The smallest absolute Gasteiger partial charge is 0.167 e. The van der Waals surface area contributed by atoms with Gasteiger partial charge in [0.1, 0.15) is 6.17 Å². The summed E-state index contributed by atoms with van der Waals surface area (Å²) in [5.41, 5.74) is 0.990. The number of hydrogen-bond donors (Lipinski definition) is 0. The standard InChI is InChI=1S/C16H15FN2S/c17-14-8-9-19(11-14)12-15-10-18-16(20-15)7-6-13-4-2-1-3-5-13/h1-5,10,14H,8-9,11-12H2. The van der Waals surface area contributed by atoms with Gasteiger partial charge in [-0.3, -0.25) is 4.90 Å². The average Bonchev–Trinajstić information content (AvgIpc) is 3.08. The van der Waals surface area contributed by atoms with E-state index < -0.39 is 6.17 Å². The van der Waals surface area contributed by atoms with Crippen molar-refractivity contribution in [2.75, 3.05) is 13.1 Å². The summed E-state index contributed by atoms with van der Waals surface area (Å²) in [7, 11) is 0. The fourth-order valence-electron chi connectivity index (χ4n) is 2.23. The van der Waals surface area contributed by atoms with Crippen molar-refractivity contribution >= 4 is 11.3 Å². The van der Waals surface area contributed by atoms with Crippen molar-refractivity contribution in [3.63, 3.8) is 0 Å². The number of likely N-dealkylation sites (tertiary alicyclic amines) is 1. The van der Waals surface area contributed by atoms with E-state index in [2.05, 4.69) is 21.7 Å². The van der Waals surface area contributed by atoms with Gasteiger partial charge >= 0.3 is 0 Å². The van der Waals surface area contributed by atoms with E-state index in [1.165, 1.54) is 0 Å². The lowest BCUT2D eigenvalue weighted by atomic mass is 10.2. The third kappa shape index (κ3) is 3.44. The molecular formula is C16H15FN2S. The van der Waals surface area contributed by atoms with Gasteiger partial charge < -0.3 is 0 Å². The zero-order valence-corrected chi connectivity index (χ0v) is 11.9. The van der Waals surface area contributed by atoms with E-state index in [9.17, 15) is 4.39 Å². The summed E-state index contributed by atoms with van der Waals surface area (Å²) in [5, 5.41) is 0.819. The topological polar surface area (TPSA) is 16.1 Å². The summed E-state index contributed by atoms with van der Waals surface area (Å²) in [6.07, 6.45) is 1.84. The Morgan fingerprint density at radius 2 is 2.15 bits per heavy atom. The summed E-state index contributed by atoms with van der Waals surface area (Å²) >= 11 is 1.59. The molecule has 0 bridgehead atoms. The average molecular weight is 286 g/mol. The van der Waals surface area contributed by atoms with Gasteiger partial charge in [0.05, 0.1) is 0 Å². The lowest BCUT2D eigenvalue weighted by Gasteiger charge is -2.11. The third-order valence-electron chi connectivity index (χ3n) is 3.24. The first kappa shape index (κ1) is 13.3. The number of rotatable bonds is 2. The first-order valence-electron chi connectivity index (χ1n) is 6.68. The van der Waals surface area contributed by atoms with Crippen molar-refractivity contribution in [3.05, 3.63) is 52.0 Å². The molecule has 102 valence electrons. The van der Waals surface area contributed by atoms with Crippen molar-refractivity contribution in [3.8, 4) is 11.8 Å². The number of hydrogen-bond acceptors (Lipinski definition) is 3. The molecule has 1 fully saturated rings. The van der Waals surface area contributed by atoms with Gasteiger partial charge in [0.15, 0.2) is 5.01 Å². The molecule has 20 heavy (non-hydrogen) atoms. The molecule has 0 amide bonds. The molecular weight excluding hydrogens is 271 g/mol. The molecule has 0 aliphatic carbocycles. The molecule has 0 N–H and O–H groups in total. The molecule has 1 aromatic heterocycles. The third-order valence-corrected chi connectivity index (χ3v) is 4.13. The van der Waals surface area contributed by atoms with E-state index in [1.54, 1.807) is 11.3 Å². The molecule has 0 saturated carbocycles. The Hall–Kier alpha value is -1.70. The molecule has 2 nitrogen and oxygen atoms in total. The molecule has 0 radical (unpaired) electrons. The number of halogens is 1. The Kier molecular flexibility index (Phi) is 4.10. The molecule has 2 aromatic rings. The first-order valence-corrected chi connectivity index (χ1v) is 7.49. The monoisotopic (exact) mass is 286 g/mol. The van der Waals surface area contributed by atoms with E-state index in [0.29, 0.717) is 13.0 Å². The van der Waals surface area contributed by atoms with Gasteiger partial charge in [-0.25, -0.2) is 9.37 Å². The van der Waals surface area contributed by atoms with Crippen LogP contribution in [-0.2, 0) is 6.54 Å². The second-order valence-corrected chi connectivity index (χ2v) is 5.98. The molecule has 4 heteroatoms. The van der Waals surface area contributed by atoms with Crippen molar-refractivity contribution in [1.82, 2.24) is 9.88 Å². The second kappa shape index (κ2) is 6.17. The first-order chi connectivity index (χ1) is 9.79. The summed E-state index contributed by atoms with van der Waals surface area (Å²) < 4.78 is 13.1. The van der Waals surface area contributed by atoms with Crippen LogP contribution in [0.15, 0.2) is 36.5 Å². The number of aromatic nitrogens is 1. The van der Waals surface area contributed by atoms with E-state index in [-0.39, 0.29) is 0 Å². The highest BCUT2D eigenvalue weighted by Gasteiger charge is 2.21. The van der Waals surface area contributed by atoms with E-state index in [1.807, 2.05) is 36.5 Å². The largest absolute Gasteiger partial charge is 0.295 e. The van der Waals surface area contributed by atoms with Gasteiger partial charge in [0, 0.05) is 36.3 Å². The van der Waals surface area contributed by atoms with Crippen molar-refractivity contribution in [2.24, 2.45) is 0 Å². The predicted octanol–water partition coefficient (Wildman–Crippen LogP) is 3.09. The molecule has 3 rings (SSSR count). The van der Waals surface area contributed by atoms with Crippen molar-refractivity contribution in [1.29, 1.82) is 0 Å². The van der Waals surface area contributed by atoms with Crippen molar-refractivity contribution < 1.29 is 4.39 Å². The fourth-order valence-corrected chi connectivity index (χ4v) is 3.04. The molecule has 2 heterocycles. The van der Waals surface area contributed by atoms with Crippen LogP contribution in [0.3, 0.4) is 0 Å². The normalized spacial score (nSPS) is 18.8. The highest BCUT2D eigenvalue weighted by atomic mass is 32.1. The molecule has 1 saturated heterocycles. The van der Waals surface area contributed by atoms with Crippen LogP contribution in [0, 0.1) is 11.8 Å². The summed E-state index contributed by atoms with van der Waals surface area (Å²) in [4.78, 5) is 7.60. The van der Waals surface area contributed by atoms with Crippen LogP contribution in [-0.4, -0.2) is 29.1 Å². The Labute approximate surface area is 122 Å². The SMILES string of the molecule is FC1CCN(Cc2cnc(C#Cc3ccccc3)s2)C1. The maximum atomic E-state index is 13.1. The minimum atomic E-state index is -0.666. The Morgan fingerprint density at radius 3 is 2.90 bits per heavy atom. The number of nitrogens with zero attached hydrogens (tertiary/aromatic N) is 2. The van der Waals surface area contributed by atoms with Crippen LogP contribution >= 0.6 is 11.3 Å². The molecule has 1 aromatic carbocycles. The Bertz CT molecular complexity index is 627. The molecule has 1 unspecified atom stereocenters. The second-order valence-electron chi connectivity index (χ2n) is 4.87. The fraction of sp³-hybridized carbons (Fsp3) is 0.312. The van der Waals surface area contributed by atoms with E-state index in [4.69, 9.17) is 0 Å². The van der Waals surface area contributed by atoms with Crippen LogP contribution in [0.1, 0.15) is 21.9 Å².